The number of nitrogens with zero attached hydrogens (tertiary/aromatic N) is 4. The summed E-state index contributed by atoms with van der Waals surface area (Å²) in [6.07, 6.45) is 4.24. The van der Waals surface area contributed by atoms with Gasteiger partial charge in [-0.05, 0) is 61.9 Å². The third kappa shape index (κ3) is 5.53. The van der Waals surface area contributed by atoms with Crippen LogP contribution in [-0.2, 0) is 0 Å². The number of hydrogen-bond donors (Lipinski definition) is 2. The summed E-state index contributed by atoms with van der Waals surface area (Å²) in [4.78, 5) is 26.1. The summed E-state index contributed by atoms with van der Waals surface area (Å²) in [6, 6.07) is 16.2. The van der Waals surface area contributed by atoms with Gasteiger partial charge in [-0.25, -0.2) is 4.98 Å². The van der Waals surface area contributed by atoms with Gasteiger partial charge in [0.05, 0.1) is 5.52 Å². The summed E-state index contributed by atoms with van der Waals surface area (Å²) >= 11 is 0. The highest BCUT2D eigenvalue weighted by Crippen LogP contribution is 2.28. The van der Waals surface area contributed by atoms with Crippen LogP contribution >= 0.6 is 0 Å². The van der Waals surface area contributed by atoms with Crippen LogP contribution in [0.3, 0.4) is 0 Å². The Kier molecular flexibility index (Phi) is 6.96. The van der Waals surface area contributed by atoms with Crippen molar-refractivity contribution in [2.45, 2.75) is 31.7 Å². The SMILES string of the molecule is CN(C)c1cccc(C(=O)NC[C@H]2CC[C@@H](Nc3nc(N(C)C)c4ccccc4n3)CC2)c1. The molecule has 174 valence electrons. The van der Waals surface area contributed by atoms with E-state index in [0.29, 0.717) is 23.5 Å². The van der Waals surface area contributed by atoms with Crippen molar-refractivity contribution in [3.63, 3.8) is 0 Å². The molecule has 4 rings (SSSR count). The molecule has 2 aromatic carbocycles. The van der Waals surface area contributed by atoms with Crippen LogP contribution in [-0.4, -0.2) is 56.7 Å². The van der Waals surface area contributed by atoms with Crippen LogP contribution < -0.4 is 20.4 Å². The van der Waals surface area contributed by atoms with Gasteiger partial charge in [-0.3, -0.25) is 4.79 Å². The molecule has 2 N–H and O–H groups in total. The number of anilines is 3. The van der Waals surface area contributed by atoms with Crippen molar-refractivity contribution in [3.05, 3.63) is 54.1 Å². The Labute approximate surface area is 196 Å². The van der Waals surface area contributed by atoms with Crippen LogP contribution in [0.2, 0.25) is 0 Å². The number of hydrogen-bond acceptors (Lipinski definition) is 6. The van der Waals surface area contributed by atoms with Crippen molar-refractivity contribution < 1.29 is 4.79 Å². The lowest BCUT2D eigenvalue weighted by molar-refractivity contribution is 0.0943. The lowest BCUT2D eigenvalue weighted by Gasteiger charge is -2.29. The van der Waals surface area contributed by atoms with Gasteiger partial charge < -0.3 is 20.4 Å². The summed E-state index contributed by atoms with van der Waals surface area (Å²) in [5.74, 6) is 2.12. The van der Waals surface area contributed by atoms with Gasteiger partial charge in [-0.2, -0.15) is 4.98 Å². The Morgan fingerprint density at radius 2 is 1.70 bits per heavy atom. The van der Waals surface area contributed by atoms with E-state index in [0.717, 1.165) is 54.6 Å². The monoisotopic (exact) mass is 446 g/mol. The number of benzene rings is 2. The smallest absolute Gasteiger partial charge is 0.251 e. The zero-order valence-electron chi connectivity index (χ0n) is 20.0. The minimum absolute atomic E-state index is 0.000253. The molecule has 3 aromatic rings. The highest BCUT2D eigenvalue weighted by atomic mass is 16.1. The van der Waals surface area contributed by atoms with Gasteiger partial charge in [0.15, 0.2) is 0 Å². The first-order chi connectivity index (χ1) is 15.9. The molecule has 0 spiro atoms. The largest absolute Gasteiger partial charge is 0.378 e. The van der Waals surface area contributed by atoms with Crippen LogP contribution in [0.1, 0.15) is 36.0 Å². The lowest BCUT2D eigenvalue weighted by Crippen LogP contribution is -2.34. The molecule has 1 fully saturated rings. The van der Waals surface area contributed by atoms with Crippen molar-refractivity contribution in [2.24, 2.45) is 5.92 Å². The molecule has 1 aliphatic carbocycles. The Balaban J connectivity index is 1.31. The summed E-state index contributed by atoms with van der Waals surface area (Å²) in [5, 5.41) is 7.75. The quantitative estimate of drug-likeness (QED) is 0.568. The molecule has 1 aliphatic rings. The first-order valence-electron chi connectivity index (χ1n) is 11.7. The molecule has 7 nitrogen and oxygen atoms in total. The minimum atomic E-state index is -0.000253. The summed E-state index contributed by atoms with van der Waals surface area (Å²) < 4.78 is 0. The van der Waals surface area contributed by atoms with Crippen molar-refractivity contribution in [3.8, 4) is 0 Å². The van der Waals surface area contributed by atoms with Crippen LogP contribution in [0, 0.1) is 5.92 Å². The summed E-state index contributed by atoms with van der Waals surface area (Å²) in [5.41, 5.74) is 2.69. The van der Waals surface area contributed by atoms with E-state index in [2.05, 4.69) is 16.7 Å². The third-order valence-corrected chi connectivity index (χ3v) is 6.36. The van der Waals surface area contributed by atoms with E-state index in [4.69, 9.17) is 9.97 Å². The van der Waals surface area contributed by atoms with E-state index in [-0.39, 0.29) is 5.91 Å². The average Bonchev–Trinajstić information content (AvgIpc) is 2.83. The fraction of sp³-hybridized carbons (Fsp3) is 0.423. The molecule has 7 heteroatoms. The molecule has 1 saturated carbocycles. The van der Waals surface area contributed by atoms with Gasteiger partial charge in [-0.15, -0.1) is 0 Å². The molecule has 0 aliphatic heterocycles. The highest BCUT2D eigenvalue weighted by molar-refractivity contribution is 5.95. The number of fused-ring (bicyclic) bond motifs is 1. The third-order valence-electron chi connectivity index (χ3n) is 6.36. The van der Waals surface area contributed by atoms with E-state index < -0.39 is 0 Å². The summed E-state index contributed by atoms with van der Waals surface area (Å²) in [7, 11) is 7.98. The number of rotatable bonds is 7. The predicted molar refractivity (Wildman–Crippen MR) is 136 cm³/mol. The van der Waals surface area contributed by atoms with E-state index in [9.17, 15) is 4.79 Å². The van der Waals surface area contributed by atoms with E-state index in [1.807, 2.05) is 80.5 Å². The molecule has 0 saturated heterocycles. The molecule has 1 aromatic heterocycles. The standard InChI is InChI=1S/C26H34N6O/c1-31(2)21-9-7-8-19(16-21)25(33)27-17-18-12-14-20(15-13-18)28-26-29-23-11-6-5-10-22(23)24(30-26)32(3)4/h5-11,16,18,20H,12-15,17H2,1-4H3,(H,27,33)(H,28,29,30)/t18-,20+. The Bertz CT molecular complexity index is 1100. The second-order valence-electron chi connectivity index (χ2n) is 9.30. The molecule has 0 bridgehead atoms. The zero-order valence-corrected chi connectivity index (χ0v) is 20.0. The average molecular weight is 447 g/mol. The Hall–Kier alpha value is -3.35. The maximum atomic E-state index is 12.6. The van der Waals surface area contributed by atoms with Crippen LogP contribution in [0.25, 0.3) is 10.9 Å². The number of para-hydroxylation sites is 1. The lowest BCUT2D eigenvalue weighted by atomic mass is 9.86. The maximum absolute atomic E-state index is 12.6. The molecular weight excluding hydrogens is 412 g/mol. The fourth-order valence-corrected chi connectivity index (χ4v) is 4.42. The predicted octanol–water partition coefficient (Wildman–Crippen LogP) is 4.16. The van der Waals surface area contributed by atoms with Crippen molar-refractivity contribution in [2.75, 3.05) is 49.9 Å². The van der Waals surface area contributed by atoms with Gasteiger partial charge in [0.1, 0.15) is 5.82 Å². The van der Waals surface area contributed by atoms with Gasteiger partial charge in [0, 0.05) is 57.4 Å². The number of carbonyl (C=O) groups is 1. The topological polar surface area (TPSA) is 73.4 Å². The van der Waals surface area contributed by atoms with Crippen LogP contribution in [0.5, 0.6) is 0 Å². The minimum Gasteiger partial charge on any atom is -0.378 e. The van der Waals surface area contributed by atoms with E-state index in [1.165, 1.54) is 0 Å². The molecular formula is C26H34N6O. The number of aromatic nitrogens is 2. The Morgan fingerprint density at radius 1 is 0.939 bits per heavy atom. The first-order valence-corrected chi connectivity index (χ1v) is 11.7. The van der Waals surface area contributed by atoms with Crippen molar-refractivity contribution >= 4 is 34.3 Å². The van der Waals surface area contributed by atoms with Gasteiger partial charge in [-0.1, -0.05) is 18.2 Å². The molecule has 1 amide bonds. The number of carbonyl (C=O) groups excluding carboxylic acids is 1. The zero-order chi connectivity index (χ0) is 23.4. The van der Waals surface area contributed by atoms with Gasteiger partial charge in [0.25, 0.3) is 5.91 Å². The second kappa shape index (κ2) is 10.1. The van der Waals surface area contributed by atoms with Gasteiger partial charge in [0.2, 0.25) is 5.95 Å². The maximum Gasteiger partial charge on any atom is 0.251 e. The molecule has 33 heavy (non-hydrogen) atoms. The number of nitrogens with one attached hydrogen (secondary N) is 2. The molecule has 1 heterocycles. The molecule has 0 atom stereocenters. The number of amides is 1. The second-order valence-corrected chi connectivity index (χ2v) is 9.30. The normalized spacial score (nSPS) is 18.1. The Morgan fingerprint density at radius 3 is 2.42 bits per heavy atom. The van der Waals surface area contributed by atoms with Gasteiger partial charge >= 0.3 is 0 Å². The van der Waals surface area contributed by atoms with Crippen LogP contribution in [0.4, 0.5) is 17.5 Å². The molecule has 0 unspecified atom stereocenters. The first kappa shape index (κ1) is 22.8. The van der Waals surface area contributed by atoms with E-state index >= 15 is 0 Å². The molecule has 0 radical (unpaired) electrons. The highest BCUT2D eigenvalue weighted by Gasteiger charge is 2.23. The van der Waals surface area contributed by atoms with Crippen LogP contribution in [0.15, 0.2) is 48.5 Å². The van der Waals surface area contributed by atoms with Crippen molar-refractivity contribution in [1.82, 2.24) is 15.3 Å². The fourth-order valence-electron chi connectivity index (χ4n) is 4.42. The summed E-state index contributed by atoms with van der Waals surface area (Å²) in [6.45, 7) is 0.717. The van der Waals surface area contributed by atoms with Crippen molar-refractivity contribution in [1.29, 1.82) is 0 Å². The van der Waals surface area contributed by atoms with E-state index in [1.54, 1.807) is 0 Å².